The van der Waals surface area contributed by atoms with Gasteiger partial charge >= 0.3 is 5.97 Å². The molecule has 0 saturated carbocycles. The smallest absolute Gasteiger partial charge is 0.313 e. The molecule has 2 nitrogen and oxygen atoms in total. The Bertz CT molecular complexity index is 429. The molecule has 13 heavy (non-hydrogen) atoms. The van der Waals surface area contributed by atoms with E-state index in [0.29, 0.717) is 0 Å². The van der Waals surface area contributed by atoms with Crippen LogP contribution in [0, 0.1) is 0 Å². The highest BCUT2D eigenvalue weighted by molar-refractivity contribution is 8.00. The molecule has 2 aromatic heterocycles. The molecular weight excluding hydrogens is 224 g/mol. The zero-order valence-corrected chi connectivity index (χ0v) is 8.97. The predicted octanol–water partition coefficient (Wildman–Crippen LogP) is 3.14. The van der Waals surface area contributed by atoms with Crippen LogP contribution in [-0.4, -0.2) is 16.8 Å². The topological polar surface area (TPSA) is 37.3 Å². The van der Waals surface area contributed by atoms with Crippen molar-refractivity contribution in [2.24, 2.45) is 0 Å². The number of hydrogen-bond acceptors (Lipinski definition) is 4. The average molecular weight is 230 g/mol. The van der Waals surface area contributed by atoms with Crippen LogP contribution in [0.25, 0.3) is 9.40 Å². The van der Waals surface area contributed by atoms with Gasteiger partial charge in [0.2, 0.25) is 0 Å². The maximum absolute atomic E-state index is 10.4. The molecule has 0 radical (unpaired) electrons. The molecule has 0 aromatic carbocycles. The second-order valence-corrected chi connectivity index (χ2v) is 5.48. The van der Waals surface area contributed by atoms with Crippen molar-refractivity contribution in [3.63, 3.8) is 0 Å². The van der Waals surface area contributed by atoms with Crippen LogP contribution in [0.3, 0.4) is 0 Å². The molecule has 0 saturated heterocycles. The van der Waals surface area contributed by atoms with E-state index in [0.717, 1.165) is 4.90 Å². The van der Waals surface area contributed by atoms with Crippen LogP contribution in [0.1, 0.15) is 0 Å². The van der Waals surface area contributed by atoms with E-state index in [9.17, 15) is 4.79 Å². The normalized spacial score (nSPS) is 10.8. The standard InChI is InChI=1S/C8H6O2S3/c9-7(10)4-12-6-3-13-8-5(6)1-2-11-8/h1-3H,4H2,(H,9,10). The number of carboxylic acids is 1. The molecule has 0 amide bonds. The second-order valence-electron chi connectivity index (χ2n) is 2.40. The van der Waals surface area contributed by atoms with Crippen molar-refractivity contribution >= 4 is 49.8 Å². The minimum absolute atomic E-state index is 0.141. The highest BCUT2D eigenvalue weighted by Gasteiger charge is 2.06. The summed E-state index contributed by atoms with van der Waals surface area (Å²) >= 11 is 4.76. The van der Waals surface area contributed by atoms with Gasteiger partial charge in [0.05, 0.1) is 9.77 Å². The zero-order chi connectivity index (χ0) is 9.26. The van der Waals surface area contributed by atoms with Gasteiger partial charge in [-0.1, -0.05) is 0 Å². The Morgan fingerprint density at radius 3 is 3.15 bits per heavy atom. The first-order valence-corrected chi connectivity index (χ1v) is 6.31. The fraction of sp³-hybridized carbons (Fsp3) is 0.125. The second kappa shape index (κ2) is 3.69. The summed E-state index contributed by atoms with van der Waals surface area (Å²) in [5, 5.41) is 13.8. The molecule has 2 heterocycles. The summed E-state index contributed by atoms with van der Waals surface area (Å²) in [6.07, 6.45) is 0. The summed E-state index contributed by atoms with van der Waals surface area (Å²) in [5.74, 6) is -0.624. The van der Waals surface area contributed by atoms with Crippen molar-refractivity contribution in [3.8, 4) is 0 Å². The Morgan fingerprint density at radius 1 is 1.54 bits per heavy atom. The number of rotatable bonds is 3. The van der Waals surface area contributed by atoms with Gasteiger partial charge < -0.3 is 5.11 Å². The van der Waals surface area contributed by atoms with E-state index in [4.69, 9.17) is 5.11 Å². The van der Waals surface area contributed by atoms with E-state index in [1.165, 1.54) is 21.2 Å². The fourth-order valence-corrected chi connectivity index (χ4v) is 3.95. The number of thiophene rings is 2. The molecule has 0 unspecified atom stereocenters. The Balaban J connectivity index is 2.23. The third-order valence-corrected chi connectivity index (χ3v) is 4.78. The highest BCUT2D eigenvalue weighted by Crippen LogP contribution is 2.36. The van der Waals surface area contributed by atoms with Gasteiger partial charge in [-0.3, -0.25) is 4.79 Å². The number of carboxylic acid groups (broad SMARTS) is 1. The Labute approximate surface area is 87.2 Å². The summed E-state index contributed by atoms with van der Waals surface area (Å²) in [7, 11) is 0. The molecule has 1 N–H and O–H groups in total. The fourth-order valence-electron chi connectivity index (χ4n) is 0.991. The van der Waals surface area contributed by atoms with Crippen molar-refractivity contribution in [2.45, 2.75) is 4.90 Å². The quantitative estimate of drug-likeness (QED) is 0.823. The third kappa shape index (κ3) is 1.87. The van der Waals surface area contributed by atoms with Crippen LogP contribution in [-0.2, 0) is 4.79 Å². The molecule has 0 atom stereocenters. The summed E-state index contributed by atoms with van der Waals surface area (Å²) in [4.78, 5) is 11.4. The summed E-state index contributed by atoms with van der Waals surface area (Å²) in [5.41, 5.74) is 0. The van der Waals surface area contributed by atoms with Crippen molar-refractivity contribution in [3.05, 3.63) is 16.8 Å². The van der Waals surface area contributed by atoms with Gasteiger partial charge in [-0.2, -0.15) is 0 Å². The van der Waals surface area contributed by atoms with Crippen LogP contribution in [0.5, 0.6) is 0 Å². The Morgan fingerprint density at radius 2 is 2.38 bits per heavy atom. The van der Waals surface area contributed by atoms with E-state index in [1.807, 2.05) is 16.8 Å². The number of hydrogen-bond donors (Lipinski definition) is 1. The first-order valence-electron chi connectivity index (χ1n) is 3.56. The molecule has 0 aliphatic rings. The molecule has 68 valence electrons. The van der Waals surface area contributed by atoms with Crippen molar-refractivity contribution in [2.75, 3.05) is 5.75 Å². The largest absolute Gasteiger partial charge is 0.481 e. The summed E-state index contributed by atoms with van der Waals surface area (Å²) < 4.78 is 1.27. The highest BCUT2D eigenvalue weighted by atomic mass is 32.2. The maximum atomic E-state index is 10.4. The zero-order valence-electron chi connectivity index (χ0n) is 6.52. The van der Waals surface area contributed by atoms with Crippen molar-refractivity contribution < 1.29 is 9.90 Å². The molecular formula is C8H6O2S3. The number of carbonyl (C=O) groups is 1. The molecule has 2 rings (SSSR count). The number of fused-ring (bicyclic) bond motifs is 1. The van der Waals surface area contributed by atoms with Crippen LogP contribution in [0.4, 0.5) is 0 Å². The van der Waals surface area contributed by atoms with Gasteiger partial charge in [-0.15, -0.1) is 34.4 Å². The molecule has 5 heteroatoms. The van der Waals surface area contributed by atoms with Gasteiger partial charge in [0.1, 0.15) is 0 Å². The molecule has 0 aliphatic heterocycles. The lowest BCUT2D eigenvalue weighted by molar-refractivity contribution is -0.133. The van der Waals surface area contributed by atoms with Crippen LogP contribution in [0.15, 0.2) is 21.7 Å². The number of aliphatic carboxylic acids is 1. The first kappa shape index (κ1) is 9.05. The minimum atomic E-state index is -0.764. The van der Waals surface area contributed by atoms with Gasteiger partial charge in [0.15, 0.2) is 0 Å². The average Bonchev–Trinajstić information content (AvgIpc) is 2.60. The monoisotopic (exact) mass is 230 g/mol. The lowest BCUT2D eigenvalue weighted by atomic mass is 10.4. The SMILES string of the molecule is O=C(O)CSc1csc2sccc12. The van der Waals surface area contributed by atoms with Gasteiger partial charge in [-0.05, 0) is 11.4 Å². The van der Waals surface area contributed by atoms with Crippen molar-refractivity contribution in [1.82, 2.24) is 0 Å². The molecule has 0 spiro atoms. The van der Waals surface area contributed by atoms with Gasteiger partial charge in [0, 0.05) is 15.7 Å². The van der Waals surface area contributed by atoms with Crippen LogP contribution < -0.4 is 0 Å². The predicted molar refractivity (Wildman–Crippen MR) is 58.1 cm³/mol. The molecule has 0 fully saturated rings. The maximum Gasteiger partial charge on any atom is 0.313 e. The Kier molecular flexibility index (Phi) is 2.57. The summed E-state index contributed by atoms with van der Waals surface area (Å²) in [6.45, 7) is 0. The van der Waals surface area contributed by atoms with Gasteiger partial charge in [-0.25, -0.2) is 0 Å². The van der Waals surface area contributed by atoms with E-state index in [1.54, 1.807) is 22.7 Å². The van der Waals surface area contributed by atoms with E-state index >= 15 is 0 Å². The van der Waals surface area contributed by atoms with E-state index in [-0.39, 0.29) is 5.75 Å². The van der Waals surface area contributed by atoms with Crippen LogP contribution >= 0.6 is 34.4 Å². The van der Waals surface area contributed by atoms with Crippen molar-refractivity contribution in [1.29, 1.82) is 0 Å². The molecule has 0 aliphatic carbocycles. The number of thioether (sulfide) groups is 1. The van der Waals surface area contributed by atoms with Crippen LogP contribution in [0.2, 0.25) is 0 Å². The van der Waals surface area contributed by atoms with Gasteiger partial charge in [0.25, 0.3) is 0 Å². The third-order valence-electron chi connectivity index (χ3n) is 1.52. The summed E-state index contributed by atoms with van der Waals surface area (Å²) in [6, 6.07) is 2.04. The Hall–Kier alpha value is -0.520. The lowest BCUT2D eigenvalue weighted by Crippen LogP contribution is -1.96. The van der Waals surface area contributed by atoms with E-state index in [2.05, 4.69) is 0 Å². The van der Waals surface area contributed by atoms with E-state index < -0.39 is 5.97 Å². The molecule has 2 aromatic rings. The minimum Gasteiger partial charge on any atom is -0.481 e. The lowest BCUT2D eigenvalue weighted by Gasteiger charge is -1.92. The first-order chi connectivity index (χ1) is 6.27. The molecule has 0 bridgehead atoms.